The van der Waals surface area contributed by atoms with Crippen LogP contribution in [0.1, 0.15) is 35.7 Å². The van der Waals surface area contributed by atoms with Gasteiger partial charge in [-0.1, -0.05) is 13.8 Å². The molecule has 0 radical (unpaired) electrons. The molecule has 10 nitrogen and oxygen atoms in total. The quantitative estimate of drug-likeness (QED) is 0.501. The first kappa shape index (κ1) is 22.4. The summed E-state index contributed by atoms with van der Waals surface area (Å²) in [5.41, 5.74) is 8.38. The molecule has 4 N–H and O–H groups in total. The molecular formula is C23H29N9O. The summed E-state index contributed by atoms with van der Waals surface area (Å²) >= 11 is 0. The lowest BCUT2D eigenvalue weighted by Gasteiger charge is -2.33. The molecule has 1 amide bonds. The smallest absolute Gasteiger partial charge is 0.252 e. The Kier molecular flexibility index (Phi) is 6.64. The number of aromatic nitrogens is 4. The van der Waals surface area contributed by atoms with Crippen LogP contribution in [0, 0.1) is 0 Å². The first-order valence-electron chi connectivity index (χ1n) is 10.9. The van der Waals surface area contributed by atoms with E-state index >= 15 is 0 Å². The van der Waals surface area contributed by atoms with E-state index in [1.54, 1.807) is 12.3 Å². The summed E-state index contributed by atoms with van der Waals surface area (Å²) in [5, 5.41) is 6.42. The van der Waals surface area contributed by atoms with Gasteiger partial charge in [0.25, 0.3) is 5.91 Å². The molecule has 0 saturated carbocycles. The van der Waals surface area contributed by atoms with Gasteiger partial charge < -0.3 is 26.2 Å². The third-order valence-corrected chi connectivity index (χ3v) is 5.66. The molecule has 172 valence electrons. The lowest BCUT2D eigenvalue weighted by atomic mass is 10.1. The Balaban J connectivity index is 1.54. The first-order chi connectivity index (χ1) is 15.9. The zero-order valence-corrected chi connectivity index (χ0v) is 19.1. The molecule has 3 aromatic rings. The molecule has 4 heterocycles. The van der Waals surface area contributed by atoms with Gasteiger partial charge in [0.1, 0.15) is 23.8 Å². The molecule has 33 heavy (non-hydrogen) atoms. The number of nitrogens with two attached hydrogens (primary N) is 1. The van der Waals surface area contributed by atoms with Crippen LogP contribution >= 0.6 is 0 Å². The average molecular weight is 448 g/mol. The number of rotatable bonds is 7. The molecule has 1 saturated heterocycles. The van der Waals surface area contributed by atoms with Gasteiger partial charge in [-0.2, -0.15) is 0 Å². The number of hydrogen-bond donors (Lipinski definition) is 3. The highest BCUT2D eigenvalue weighted by molar-refractivity contribution is 5.99. The van der Waals surface area contributed by atoms with Gasteiger partial charge in [-0.25, -0.2) is 19.9 Å². The van der Waals surface area contributed by atoms with Gasteiger partial charge in [0, 0.05) is 50.2 Å². The van der Waals surface area contributed by atoms with Crippen molar-refractivity contribution in [1.29, 1.82) is 0 Å². The SMILES string of the molecule is CC(C)c1cncnc1Nc1cc(Nc2ccc(N3CCN(C)CC3)cn2)ncc1C(N)=O. The van der Waals surface area contributed by atoms with E-state index in [1.165, 1.54) is 12.5 Å². The lowest BCUT2D eigenvalue weighted by Crippen LogP contribution is -2.44. The summed E-state index contributed by atoms with van der Waals surface area (Å²) in [6.07, 6.45) is 6.53. The third kappa shape index (κ3) is 5.35. The number of pyridine rings is 2. The van der Waals surface area contributed by atoms with Crippen molar-refractivity contribution in [3.63, 3.8) is 0 Å². The maximum atomic E-state index is 12.0. The predicted octanol–water partition coefficient (Wildman–Crippen LogP) is 2.73. The van der Waals surface area contributed by atoms with Crippen molar-refractivity contribution in [2.24, 2.45) is 5.73 Å². The van der Waals surface area contributed by atoms with Crippen LogP contribution in [-0.2, 0) is 0 Å². The average Bonchev–Trinajstić information content (AvgIpc) is 2.80. The molecule has 1 aliphatic heterocycles. The van der Waals surface area contributed by atoms with Gasteiger partial charge in [0.2, 0.25) is 0 Å². The van der Waals surface area contributed by atoms with Gasteiger partial charge in [-0.05, 0) is 25.1 Å². The predicted molar refractivity (Wildman–Crippen MR) is 129 cm³/mol. The van der Waals surface area contributed by atoms with Crippen LogP contribution in [0.3, 0.4) is 0 Å². The first-order valence-corrected chi connectivity index (χ1v) is 10.9. The number of nitrogens with zero attached hydrogens (tertiary/aromatic N) is 6. The molecule has 0 atom stereocenters. The second-order valence-corrected chi connectivity index (χ2v) is 8.40. The topological polar surface area (TPSA) is 125 Å². The Labute approximate surface area is 193 Å². The van der Waals surface area contributed by atoms with E-state index in [2.05, 4.69) is 61.3 Å². The van der Waals surface area contributed by atoms with Crippen LogP contribution in [-0.4, -0.2) is 64.0 Å². The molecule has 0 aliphatic carbocycles. The largest absolute Gasteiger partial charge is 0.368 e. The molecule has 0 aromatic carbocycles. The summed E-state index contributed by atoms with van der Waals surface area (Å²) < 4.78 is 0. The third-order valence-electron chi connectivity index (χ3n) is 5.66. The van der Waals surface area contributed by atoms with Crippen LogP contribution < -0.4 is 21.3 Å². The van der Waals surface area contributed by atoms with E-state index in [-0.39, 0.29) is 11.5 Å². The maximum absolute atomic E-state index is 12.0. The van der Waals surface area contributed by atoms with Crippen molar-refractivity contribution < 1.29 is 4.79 Å². The Morgan fingerprint density at radius 2 is 1.76 bits per heavy atom. The highest BCUT2D eigenvalue weighted by Gasteiger charge is 2.16. The fourth-order valence-electron chi connectivity index (χ4n) is 3.66. The summed E-state index contributed by atoms with van der Waals surface area (Å²) in [4.78, 5) is 33.9. The van der Waals surface area contributed by atoms with E-state index in [0.717, 1.165) is 37.4 Å². The minimum atomic E-state index is -0.577. The van der Waals surface area contributed by atoms with Crippen LogP contribution in [0.5, 0.6) is 0 Å². The van der Waals surface area contributed by atoms with E-state index in [1.807, 2.05) is 18.3 Å². The van der Waals surface area contributed by atoms with E-state index in [0.29, 0.717) is 23.1 Å². The van der Waals surface area contributed by atoms with E-state index in [9.17, 15) is 4.79 Å². The Morgan fingerprint density at radius 1 is 1.00 bits per heavy atom. The number of anilines is 5. The number of piperazine rings is 1. The maximum Gasteiger partial charge on any atom is 0.252 e. The standard InChI is InChI=1S/C23H29N9O/c1-15(2)17-12-25-14-28-23(17)29-19-10-21(27-13-18(19)22(24)33)30-20-5-4-16(11-26-20)32-8-6-31(3)7-9-32/h4-5,10-15H,6-9H2,1-3H3,(H2,24,33)(H2,25,26,27,28,29,30). The second kappa shape index (κ2) is 9.78. The minimum Gasteiger partial charge on any atom is -0.368 e. The van der Waals surface area contributed by atoms with Gasteiger partial charge in [-0.15, -0.1) is 0 Å². The minimum absolute atomic E-state index is 0.202. The van der Waals surface area contributed by atoms with Crippen molar-refractivity contribution in [3.8, 4) is 0 Å². The highest BCUT2D eigenvalue weighted by Crippen LogP contribution is 2.28. The Morgan fingerprint density at radius 3 is 2.42 bits per heavy atom. The van der Waals surface area contributed by atoms with Gasteiger partial charge in [0.05, 0.1) is 23.1 Å². The van der Waals surface area contributed by atoms with Gasteiger partial charge in [0.15, 0.2) is 0 Å². The Bertz CT molecular complexity index is 1110. The molecule has 1 fully saturated rings. The molecule has 4 rings (SSSR count). The van der Waals surface area contributed by atoms with Crippen LogP contribution in [0.25, 0.3) is 0 Å². The zero-order valence-electron chi connectivity index (χ0n) is 19.1. The number of hydrogen-bond acceptors (Lipinski definition) is 9. The lowest BCUT2D eigenvalue weighted by molar-refractivity contribution is 0.100. The molecule has 0 bridgehead atoms. The van der Waals surface area contributed by atoms with Crippen LogP contribution in [0.2, 0.25) is 0 Å². The Hall–Kier alpha value is -3.79. The highest BCUT2D eigenvalue weighted by atomic mass is 16.1. The van der Waals surface area contributed by atoms with Gasteiger partial charge >= 0.3 is 0 Å². The summed E-state index contributed by atoms with van der Waals surface area (Å²) in [6.45, 7) is 8.15. The van der Waals surface area contributed by atoms with Crippen molar-refractivity contribution in [2.75, 3.05) is 48.8 Å². The number of primary amides is 1. The number of nitrogens with one attached hydrogen (secondary N) is 2. The normalized spacial score (nSPS) is 14.4. The fraction of sp³-hybridized carbons (Fsp3) is 0.348. The molecule has 10 heteroatoms. The van der Waals surface area contributed by atoms with E-state index in [4.69, 9.17) is 5.73 Å². The summed E-state index contributed by atoms with van der Waals surface area (Å²) in [7, 11) is 2.14. The zero-order chi connectivity index (χ0) is 23.4. The number of carbonyl (C=O) groups excluding carboxylic acids is 1. The molecule has 3 aromatic heterocycles. The van der Waals surface area contributed by atoms with E-state index < -0.39 is 5.91 Å². The van der Waals surface area contributed by atoms with Crippen LogP contribution in [0.4, 0.5) is 28.8 Å². The van der Waals surface area contributed by atoms with Crippen molar-refractivity contribution in [1.82, 2.24) is 24.8 Å². The second-order valence-electron chi connectivity index (χ2n) is 8.40. The van der Waals surface area contributed by atoms with Crippen molar-refractivity contribution >= 4 is 34.7 Å². The molecule has 1 aliphatic rings. The summed E-state index contributed by atoms with van der Waals surface area (Å²) in [5.74, 6) is 1.43. The van der Waals surface area contributed by atoms with Crippen LogP contribution in [0.15, 0.2) is 43.1 Å². The molecule has 0 unspecified atom stereocenters. The monoisotopic (exact) mass is 447 g/mol. The van der Waals surface area contributed by atoms with Gasteiger partial charge in [-0.3, -0.25) is 4.79 Å². The molecule has 0 spiro atoms. The number of amides is 1. The molecular weight excluding hydrogens is 418 g/mol. The summed E-state index contributed by atoms with van der Waals surface area (Å²) in [6, 6.07) is 5.70. The van der Waals surface area contributed by atoms with Crippen molar-refractivity contribution in [2.45, 2.75) is 19.8 Å². The fourth-order valence-corrected chi connectivity index (χ4v) is 3.66. The number of likely N-dealkylation sites (N-methyl/N-ethyl adjacent to an activating group) is 1. The van der Waals surface area contributed by atoms with Crippen molar-refractivity contribution in [3.05, 3.63) is 54.2 Å². The number of carbonyl (C=O) groups is 1.